The number of para-hydroxylation sites is 1. The van der Waals surface area contributed by atoms with Gasteiger partial charge >= 0.3 is 5.97 Å². The third-order valence-electron chi connectivity index (χ3n) is 3.57. The zero-order valence-corrected chi connectivity index (χ0v) is 11.4. The van der Waals surface area contributed by atoms with Gasteiger partial charge in [-0.25, -0.2) is 0 Å². The van der Waals surface area contributed by atoms with E-state index in [1.54, 1.807) is 17.9 Å². The lowest BCUT2D eigenvalue weighted by Gasteiger charge is -2.02. The largest absolute Gasteiger partial charge is 0.481 e. The monoisotopic (exact) mass is 269 g/mol. The van der Waals surface area contributed by atoms with E-state index in [0.717, 1.165) is 22.0 Å². The molecule has 1 aromatic carbocycles. The summed E-state index contributed by atoms with van der Waals surface area (Å²) in [6, 6.07) is 8.07. The van der Waals surface area contributed by atoms with Crippen LogP contribution in [0.3, 0.4) is 0 Å². The van der Waals surface area contributed by atoms with E-state index < -0.39 is 5.97 Å². The minimum atomic E-state index is -0.852. The van der Waals surface area contributed by atoms with E-state index in [2.05, 4.69) is 5.10 Å². The SMILES string of the molecule is Cn1ncc(-c2cn(C)c3ccccc23)c1CC(=O)O. The van der Waals surface area contributed by atoms with E-state index in [1.807, 2.05) is 42.1 Å². The molecule has 5 heteroatoms. The van der Waals surface area contributed by atoms with Crippen molar-refractivity contribution in [3.05, 3.63) is 42.4 Å². The molecule has 3 rings (SSSR count). The van der Waals surface area contributed by atoms with Crippen molar-refractivity contribution in [1.82, 2.24) is 14.3 Å². The Morgan fingerprint density at radius 1 is 1.25 bits per heavy atom. The van der Waals surface area contributed by atoms with Crippen LogP contribution in [0.15, 0.2) is 36.7 Å². The van der Waals surface area contributed by atoms with Gasteiger partial charge in [-0.2, -0.15) is 5.10 Å². The average molecular weight is 269 g/mol. The number of fused-ring (bicyclic) bond motifs is 1. The fourth-order valence-electron chi connectivity index (χ4n) is 2.60. The summed E-state index contributed by atoms with van der Waals surface area (Å²) >= 11 is 0. The van der Waals surface area contributed by atoms with Crippen molar-refractivity contribution in [1.29, 1.82) is 0 Å². The molecule has 0 radical (unpaired) electrons. The highest BCUT2D eigenvalue weighted by atomic mass is 16.4. The van der Waals surface area contributed by atoms with Crippen LogP contribution in [0, 0.1) is 0 Å². The van der Waals surface area contributed by atoms with Crippen LogP contribution >= 0.6 is 0 Å². The van der Waals surface area contributed by atoms with Crippen LogP contribution in [-0.2, 0) is 25.3 Å². The standard InChI is InChI=1S/C15H15N3O2/c1-17-9-12(10-5-3-4-6-13(10)17)11-8-16-18(2)14(11)7-15(19)20/h3-6,8-9H,7H2,1-2H3,(H,19,20). The number of carboxylic acids is 1. The fourth-order valence-corrected chi connectivity index (χ4v) is 2.60. The first kappa shape index (κ1) is 12.5. The van der Waals surface area contributed by atoms with Crippen LogP contribution in [0.2, 0.25) is 0 Å². The van der Waals surface area contributed by atoms with Gasteiger partial charge in [-0.3, -0.25) is 9.48 Å². The van der Waals surface area contributed by atoms with E-state index in [9.17, 15) is 4.79 Å². The Morgan fingerprint density at radius 2 is 2.00 bits per heavy atom. The number of hydrogen-bond acceptors (Lipinski definition) is 2. The Morgan fingerprint density at radius 3 is 2.75 bits per heavy atom. The molecule has 0 bridgehead atoms. The van der Waals surface area contributed by atoms with Crippen molar-refractivity contribution in [2.75, 3.05) is 0 Å². The lowest BCUT2D eigenvalue weighted by molar-refractivity contribution is -0.136. The summed E-state index contributed by atoms with van der Waals surface area (Å²) in [7, 11) is 3.76. The van der Waals surface area contributed by atoms with Gasteiger partial charge < -0.3 is 9.67 Å². The molecule has 2 heterocycles. The first-order valence-electron chi connectivity index (χ1n) is 6.35. The van der Waals surface area contributed by atoms with Gasteiger partial charge in [0.25, 0.3) is 0 Å². The topological polar surface area (TPSA) is 60.0 Å². The minimum absolute atomic E-state index is 0.0327. The summed E-state index contributed by atoms with van der Waals surface area (Å²) in [5.41, 5.74) is 3.74. The summed E-state index contributed by atoms with van der Waals surface area (Å²) in [6.45, 7) is 0. The Bertz CT molecular complexity index is 799. The maximum Gasteiger partial charge on any atom is 0.309 e. The van der Waals surface area contributed by atoms with E-state index in [4.69, 9.17) is 5.11 Å². The smallest absolute Gasteiger partial charge is 0.309 e. The van der Waals surface area contributed by atoms with Crippen LogP contribution in [-0.4, -0.2) is 25.4 Å². The maximum atomic E-state index is 11.0. The molecule has 0 spiro atoms. The Kier molecular flexibility index (Phi) is 2.82. The van der Waals surface area contributed by atoms with Crippen LogP contribution in [0.4, 0.5) is 0 Å². The molecule has 0 aliphatic carbocycles. The molecule has 0 aliphatic rings. The number of carboxylic acid groups (broad SMARTS) is 1. The third-order valence-corrected chi connectivity index (χ3v) is 3.57. The van der Waals surface area contributed by atoms with Crippen molar-refractivity contribution in [3.63, 3.8) is 0 Å². The molecular formula is C15H15N3O2. The van der Waals surface area contributed by atoms with Gasteiger partial charge in [0.2, 0.25) is 0 Å². The molecule has 0 unspecified atom stereocenters. The molecule has 102 valence electrons. The molecule has 0 fully saturated rings. The average Bonchev–Trinajstić information content (AvgIpc) is 2.92. The van der Waals surface area contributed by atoms with Crippen LogP contribution < -0.4 is 0 Å². The van der Waals surface area contributed by atoms with Gasteiger partial charge in [-0.05, 0) is 6.07 Å². The number of carbonyl (C=O) groups is 1. The molecule has 20 heavy (non-hydrogen) atoms. The third kappa shape index (κ3) is 1.87. The normalized spacial score (nSPS) is 11.1. The molecule has 1 N–H and O–H groups in total. The Balaban J connectivity index is 2.24. The van der Waals surface area contributed by atoms with Crippen molar-refractivity contribution in [2.24, 2.45) is 14.1 Å². The van der Waals surface area contributed by atoms with Gasteiger partial charge in [0.1, 0.15) is 0 Å². The maximum absolute atomic E-state index is 11.0. The van der Waals surface area contributed by atoms with Crippen molar-refractivity contribution >= 4 is 16.9 Å². The lowest BCUT2D eigenvalue weighted by Crippen LogP contribution is -2.07. The molecular weight excluding hydrogens is 254 g/mol. The number of aryl methyl sites for hydroxylation is 2. The summed E-state index contributed by atoms with van der Waals surface area (Å²) in [5, 5.41) is 14.4. The number of aromatic nitrogens is 3. The molecule has 2 aromatic heterocycles. The molecule has 0 aliphatic heterocycles. The number of benzene rings is 1. The zero-order chi connectivity index (χ0) is 14.3. The fraction of sp³-hybridized carbons (Fsp3) is 0.200. The molecule has 3 aromatic rings. The second-order valence-electron chi connectivity index (χ2n) is 4.87. The minimum Gasteiger partial charge on any atom is -0.481 e. The molecule has 5 nitrogen and oxygen atoms in total. The van der Waals surface area contributed by atoms with E-state index >= 15 is 0 Å². The highest BCUT2D eigenvalue weighted by Crippen LogP contribution is 2.32. The van der Waals surface area contributed by atoms with Crippen LogP contribution in [0.25, 0.3) is 22.0 Å². The predicted molar refractivity (Wildman–Crippen MR) is 76.5 cm³/mol. The molecule has 0 atom stereocenters. The second-order valence-corrected chi connectivity index (χ2v) is 4.87. The highest BCUT2D eigenvalue weighted by molar-refractivity contribution is 5.97. The number of rotatable bonds is 3. The van der Waals surface area contributed by atoms with E-state index in [1.165, 1.54) is 0 Å². The van der Waals surface area contributed by atoms with Gasteiger partial charge in [0.05, 0.1) is 18.3 Å². The molecule has 0 saturated carbocycles. The van der Waals surface area contributed by atoms with Gasteiger partial charge in [-0.1, -0.05) is 18.2 Å². The molecule has 0 amide bonds. The van der Waals surface area contributed by atoms with Gasteiger partial charge in [0, 0.05) is 42.3 Å². The van der Waals surface area contributed by atoms with Crippen molar-refractivity contribution in [3.8, 4) is 11.1 Å². The summed E-state index contributed by atoms with van der Waals surface area (Å²) in [6.07, 6.45) is 3.72. The molecule has 0 saturated heterocycles. The van der Waals surface area contributed by atoms with Gasteiger partial charge in [-0.15, -0.1) is 0 Å². The van der Waals surface area contributed by atoms with E-state index in [0.29, 0.717) is 5.69 Å². The second kappa shape index (κ2) is 4.52. The van der Waals surface area contributed by atoms with E-state index in [-0.39, 0.29) is 6.42 Å². The van der Waals surface area contributed by atoms with Crippen molar-refractivity contribution in [2.45, 2.75) is 6.42 Å². The quantitative estimate of drug-likeness (QED) is 0.793. The highest BCUT2D eigenvalue weighted by Gasteiger charge is 2.17. The van der Waals surface area contributed by atoms with Crippen LogP contribution in [0.5, 0.6) is 0 Å². The number of hydrogen-bond donors (Lipinski definition) is 1. The number of nitrogens with zero attached hydrogens (tertiary/aromatic N) is 3. The first-order chi connectivity index (χ1) is 9.58. The number of aliphatic carboxylic acids is 1. The predicted octanol–water partition coefficient (Wildman–Crippen LogP) is 2.21. The summed E-state index contributed by atoms with van der Waals surface area (Å²) in [4.78, 5) is 11.0. The Labute approximate surface area is 116 Å². The summed E-state index contributed by atoms with van der Waals surface area (Å²) in [5.74, 6) is -0.852. The first-order valence-corrected chi connectivity index (χ1v) is 6.35. The summed E-state index contributed by atoms with van der Waals surface area (Å²) < 4.78 is 3.67. The zero-order valence-electron chi connectivity index (χ0n) is 11.4. The van der Waals surface area contributed by atoms with Gasteiger partial charge in [0.15, 0.2) is 0 Å². The lowest BCUT2D eigenvalue weighted by atomic mass is 10.0. The Hall–Kier alpha value is -2.56. The van der Waals surface area contributed by atoms with Crippen molar-refractivity contribution < 1.29 is 9.90 Å². The van der Waals surface area contributed by atoms with Crippen LogP contribution in [0.1, 0.15) is 5.69 Å².